The number of hydrogen-bond donors (Lipinski definition) is 1. The van der Waals surface area contributed by atoms with Crippen LogP contribution < -0.4 is 10.2 Å². The lowest BCUT2D eigenvalue weighted by Gasteiger charge is -2.40. The number of nitrogens with one attached hydrogen (secondary N) is 1. The Morgan fingerprint density at radius 3 is 2.65 bits per heavy atom. The van der Waals surface area contributed by atoms with Crippen molar-refractivity contribution < 1.29 is 4.79 Å². The smallest absolute Gasteiger partial charge is 0.241 e. The van der Waals surface area contributed by atoms with Gasteiger partial charge in [-0.15, -0.1) is 0 Å². The predicted molar refractivity (Wildman–Crippen MR) is 126 cm³/mol. The molecule has 3 nitrogen and oxygen atoms in total. The van der Waals surface area contributed by atoms with E-state index in [-0.39, 0.29) is 11.3 Å². The lowest BCUT2D eigenvalue weighted by atomic mass is 9.75. The van der Waals surface area contributed by atoms with Crippen LogP contribution in [-0.2, 0) is 16.6 Å². The maximum Gasteiger partial charge on any atom is 0.241 e. The maximum atomic E-state index is 12.5. The number of carbonyl (C=O) groups is 1. The fraction of sp³-hybridized carbons (Fsp3) is 0.250. The van der Waals surface area contributed by atoms with Gasteiger partial charge in [0.25, 0.3) is 0 Å². The Morgan fingerprint density at radius 2 is 1.77 bits per heavy atom. The Morgan fingerprint density at radius 1 is 0.968 bits per heavy atom. The molecule has 1 N–H and O–H groups in total. The first-order valence-corrected chi connectivity index (χ1v) is 11.0. The van der Waals surface area contributed by atoms with E-state index >= 15 is 0 Å². The number of anilines is 1. The number of benzene rings is 3. The van der Waals surface area contributed by atoms with Crippen molar-refractivity contribution in [3.05, 3.63) is 94.6 Å². The number of rotatable bonds is 2. The fourth-order valence-corrected chi connectivity index (χ4v) is 5.77. The minimum absolute atomic E-state index is 0.0772. The molecule has 3 heteroatoms. The van der Waals surface area contributed by atoms with E-state index in [4.69, 9.17) is 0 Å². The van der Waals surface area contributed by atoms with Gasteiger partial charge in [-0.25, -0.2) is 0 Å². The fourth-order valence-electron chi connectivity index (χ4n) is 5.77. The highest BCUT2D eigenvalue weighted by Gasteiger charge is 2.59. The molecule has 2 aliphatic heterocycles. The van der Waals surface area contributed by atoms with Gasteiger partial charge in [-0.1, -0.05) is 80.1 Å². The first kappa shape index (κ1) is 18.4. The predicted octanol–water partition coefficient (Wildman–Crippen LogP) is 5.20. The lowest BCUT2D eigenvalue weighted by molar-refractivity contribution is -0.118. The van der Waals surface area contributed by atoms with E-state index < -0.39 is 5.66 Å². The van der Waals surface area contributed by atoms with E-state index in [1.807, 2.05) is 0 Å². The molecule has 2 heterocycles. The summed E-state index contributed by atoms with van der Waals surface area (Å²) < 4.78 is 0. The molecule has 3 aromatic rings. The van der Waals surface area contributed by atoms with Crippen molar-refractivity contribution in [3.8, 4) is 11.1 Å². The van der Waals surface area contributed by atoms with E-state index in [9.17, 15) is 4.79 Å². The van der Waals surface area contributed by atoms with Crippen LogP contribution in [0.2, 0.25) is 0 Å². The van der Waals surface area contributed by atoms with Crippen LogP contribution in [0.4, 0.5) is 5.69 Å². The number of amides is 1. The van der Waals surface area contributed by atoms with E-state index in [0.717, 1.165) is 12.1 Å². The topological polar surface area (TPSA) is 32.3 Å². The van der Waals surface area contributed by atoms with Crippen LogP contribution in [0.1, 0.15) is 41.7 Å². The zero-order chi connectivity index (χ0) is 21.4. The highest BCUT2D eigenvalue weighted by atomic mass is 16.2. The largest absolute Gasteiger partial charge is 0.335 e. The Bertz CT molecular complexity index is 1290. The lowest BCUT2D eigenvalue weighted by Crippen LogP contribution is -2.58. The van der Waals surface area contributed by atoms with Gasteiger partial charge in [0, 0.05) is 11.1 Å². The van der Waals surface area contributed by atoms with Crippen molar-refractivity contribution in [1.82, 2.24) is 5.32 Å². The second kappa shape index (κ2) is 6.10. The van der Waals surface area contributed by atoms with Crippen LogP contribution in [0.5, 0.6) is 0 Å². The molecule has 0 saturated carbocycles. The van der Waals surface area contributed by atoms with Gasteiger partial charge in [0.05, 0.1) is 6.54 Å². The molecule has 1 atom stereocenters. The third-order valence-electron chi connectivity index (χ3n) is 7.46. The summed E-state index contributed by atoms with van der Waals surface area (Å²) >= 11 is 0. The van der Waals surface area contributed by atoms with Crippen molar-refractivity contribution >= 4 is 17.7 Å². The van der Waals surface area contributed by atoms with Crippen molar-refractivity contribution in [2.75, 3.05) is 11.4 Å². The van der Waals surface area contributed by atoms with E-state index in [2.05, 4.69) is 104 Å². The first-order chi connectivity index (χ1) is 14.9. The van der Waals surface area contributed by atoms with Crippen molar-refractivity contribution in [3.63, 3.8) is 0 Å². The van der Waals surface area contributed by atoms with Gasteiger partial charge in [-0.05, 0) is 58.9 Å². The average molecular weight is 407 g/mol. The standard InChI is InChI=1S/C28H26N2O/c1-18-8-11-25-24(14-18)27(2,3)28(29-26(31)17-30(25)28)13-12-19-9-10-23-21(15-19)16-20-6-4-5-7-22(20)23/h4-15H,16-17H2,1-3H3,(H,29,31)/b13-12+. The molecule has 1 amide bonds. The Hall–Kier alpha value is -3.33. The van der Waals surface area contributed by atoms with Crippen molar-refractivity contribution in [1.29, 1.82) is 0 Å². The number of aryl methyl sites for hydroxylation is 1. The van der Waals surface area contributed by atoms with E-state index in [1.165, 1.54) is 38.9 Å². The maximum absolute atomic E-state index is 12.5. The van der Waals surface area contributed by atoms with Crippen LogP contribution in [0.3, 0.4) is 0 Å². The number of fused-ring (bicyclic) bond motifs is 6. The van der Waals surface area contributed by atoms with Gasteiger partial charge < -0.3 is 10.2 Å². The number of nitrogens with zero attached hydrogens (tertiary/aromatic N) is 1. The summed E-state index contributed by atoms with van der Waals surface area (Å²) in [5.74, 6) is 0.0772. The summed E-state index contributed by atoms with van der Waals surface area (Å²) in [5.41, 5.74) is 9.53. The van der Waals surface area contributed by atoms with Gasteiger partial charge in [0.1, 0.15) is 5.66 Å². The molecule has 154 valence electrons. The third kappa shape index (κ3) is 2.43. The molecule has 0 aromatic heterocycles. The van der Waals surface area contributed by atoms with Gasteiger partial charge in [-0.2, -0.15) is 0 Å². The molecule has 6 rings (SSSR count). The zero-order valence-electron chi connectivity index (χ0n) is 18.2. The minimum Gasteiger partial charge on any atom is -0.335 e. The van der Waals surface area contributed by atoms with Gasteiger partial charge in [-0.3, -0.25) is 4.79 Å². The minimum atomic E-state index is -0.553. The summed E-state index contributed by atoms with van der Waals surface area (Å²) in [6.45, 7) is 6.99. The number of carbonyl (C=O) groups excluding carboxylic acids is 1. The molecular formula is C28H26N2O. The normalized spacial score (nSPS) is 22.3. The molecule has 0 radical (unpaired) electrons. The third-order valence-corrected chi connectivity index (χ3v) is 7.46. The molecule has 3 aromatic carbocycles. The summed E-state index contributed by atoms with van der Waals surface area (Å²) in [6.07, 6.45) is 5.37. The molecule has 1 aliphatic carbocycles. The molecule has 31 heavy (non-hydrogen) atoms. The second-order valence-electron chi connectivity index (χ2n) is 9.63. The summed E-state index contributed by atoms with van der Waals surface area (Å²) in [5, 5.41) is 3.32. The monoisotopic (exact) mass is 406 g/mol. The second-order valence-corrected chi connectivity index (χ2v) is 9.63. The SMILES string of the molecule is Cc1ccc2c(c1)C(C)(C)C1(/C=C/c3ccc4c(c3)Cc3ccccc3-4)NC(=O)CN21. The molecule has 0 spiro atoms. The molecule has 0 bridgehead atoms. The van der Waals surface area contributed by atoms with Crippen LogP contribution in [0, 0.1) is 6.92 Å². The van der Waals surface area contributed by atoms with Gasteiger partial charge in [0.15, 0.2) is 0 Å². The Labute approximate surface area is 183 Å². The highest BCUT2D eigenvalue weighted by molar-refractivity contribution is 5.92. The van der Waals surface area contributed by atoms with Crippen LogP contribution >= 0.6 is 0 Å². The molecule has 1 saturated heterocycles. The summed E-state index contributed by atoms with van der Waals surface area (Å²) in [6, 6.07) is 21.9. The first-order valence-electron chi connectivity index (χ1n) is 11.0. The van der Waals surface area contributed by atoms with E-state index in [1.54, 1.807) is 0 Å². The molecule has 1 unspecified atom stereocenters. The molecule has 1 fully saturated rings. The average Bonchev–Trinajstić information content (AvgIpc) is 3.34. The van der Waals surface area contributed by atoms with Crippen LogP contribution in [0.15, 0.2) is 66.7 Å². The Balaban J connectivity index is 1.41. The number of hydrogen-bond acceptors (Lipinski definition) is 2. The van der Waals surface area contributed by atoms with Crippen LogP contribution in [-0.4, -0.2) is 18.1 Å². The summed E-state index contributed by atoms with van der Waals surface area (Å²) in [7, 11) is 0. The molecule has 3 aliphatic rings. The van der Waals surface area contributed by atoms with Crippen molar-refractivity contribution in [2.45, 2.75) is 38.3 Å². The summed E-state index contributed by atoms with van der Waals surface area (Å²) in [4.78, 5) is 14.8. The Kier molecular flexibility index (Phi) is 3.63. The van der Waals surface area contributed by atoms with Gasteiger partial charge >= 0.3 is 0 Å². The van der Waals surface area contributed by atoms with Crippen molar-refractivity contribution in [2.24, 2.45) is 0 Å². The van der Waals surface area contributed by atoms with Gasteiger partial charge in [0.2, 0.25) is 5.91 Å². The zero-order valence-corrected chi connectivity index (χ0v) is 18.2. The quantitative estimate of drug-likeness (QED) is 0.496. The van der Waals surface area contributed by atoms with E-state index in [0.29, 0.717) is 6.54 Å². The highest BCUT2D eigenvalue weighted by Crippen LogP contribution is 2.53. The molecular weight excluding hydrogens is 380 g/mol. The van der Waals surface area contributed by atoms with Crippen LogP contribution in [0.25, 0.3) is 17.2 Å².